The molecular weight excluding hydrogens is 138 g/mol. The summed E-state index contributed by atoms with van der Waals surface area (Å²) >= 11 is 0. The van der Waals surface area contributed by atoms with Crippen LogP contribution in [-0.4, -0.2) is 18.7 Å². The van der Waals surface area contributed by atoms with Crippen LogP contribution in [0.4, 0.5) is 11.5 Å². The Balaban J connectivity index is 3.16. The summed E-state index contributed by atoms with van der Waals surface area (Å²) in [4.78, 5) is 7.95. The van der Waals surface area contributed by atoms with Crippen molar-refractivity contribution in [3.8, 4) is 0 Å². The Morgan fingerprint density at radius 3 is 2.91 bits per heavy atom. The van der Waals surface area contributed by atoms with Gasteiger partial charge in [-0.1, -0.05) is 0 Å². The Kier molecular flexibility index (Phi) is 2.21. The van der Waals surface area contributed by atoms with Gasteiger partial charge in [-0.3, -0.25) is 4.99 Å². The van der Waals surface area contributed by atoms with Crippen molar-refractivity contribution in [3.05, 3.63) is 17.8 Å². The van der Waals surface area contributed by atoms with E-state index in [-0.39, 0.29) is 0 Å². The lowest BCUT2D eigenvalue weighted by molar-refractivity contribution is 1.23. The highest BCUT2D eigenvalue weighted by Gasteiger charge is 1.98. The van der Waals surface area contributed by atoms with Gasteiger partial charge in [-0.15, -0.1) is 0 Å². The smallest absolute Gasteiger partial charge is 0.151 e. The molecule has 0 aliphatic rings. The Labute approximate surface area is 66.2 Å². The molecule has 3 nitrogen and oxygen atoms in total. The first-order valence-corrected chi connectivity index (χ1v) is 3.39. The number of rotatable bonds is 2. The number of hydrogen-bond acceptors (Lipinski definition) is 3. The van der Waals surface area contributed by atoms with Gasteiger partial charge in [0.15, 0.2) is 5.82 Å². The van der Waals surface area contributed by atoms with E-state index in [4.69, 9.17) is 0 Å². The molecule has 0 amide bonds. The molecule has 58 valence electrons. The zero-order valence-corrected chi connectivity index (χ0v) is 6.76. The summed E-state index contributed by atoms with van der Waals surface area (Å²) in [5.41, 5.74) is 1.89. The number of aliphatic imine (C=N–C) groups is 1. The van der Waals surface area contributed by atoms with E-state index in [9.17, 15) is 0 Å². The molecule has 0 saturated heterocycles. The van der Waals surface area contributed by atoms with Crippen LogP contribution in [0.1, 0.15) is 5.56 Å². The number of nitrogens with zero attached hydrogens (tertiary/aromatic N) is 2. The van der Waals surface area contributed by atoms with Crippen molar-refractivity contribution in [1.82, 2.24) is 4.98 Å². The molecule has 0 radical (unpaired) electrons. The Morgan fingerprint density at radius 1 is 1.64 bits per heavy atom. The third kappa shape index (κ3) is 1.55. The van der Waals surface area contributed by atoms with Gasteiger partial charge in [0.25, 0.3) is 0 Å². The molecule has 11 heavy (non-hydrogen) atoms. The normalized spacial score (nSPS) is 9.27. The molecule has 1 heterocycles. The summed E-state index contributed by atoms with van der Waals surface area (Å²) in [6.07, 6.45) is 1.79. The highest BCUT2D eigenvalue weighted by Crippen LogP contribution is 2.21. The van der Waals surface area contributed by atoms with Gasteiger partial charge in [0.05, 0.1) is 0 Å². The molecule has 1 aromatic heterocycles. The second-order valence-corrected chi connectivity index (χ2v) is 2.29. The summed E-state index contributed by atoms with van der Waals surface area (Å²) in [6.45, 7) is 5.42. The van der Waals surface area contributed by atoms with Crippen molar-refractivity contribution in [2.24, 2.45) is 4.99 Å². The van der Waals surface area contributed by atoms with Gasteiger partial charge in [0.1, 0.15) is 5.69 Å². The van der Waals surface area contributed by atoms with E-state index >= 15 is 0 Å². The maximum atomic E-state index is 4.12. The van der Waals surface area contributed by atoms with Crippen LogP contribution in [0.25, 0.3) is 0 Å². The van der Waals surface area contributed by atoms with E-state index in [0.717, 1.165) is 17.1 Å². The van der Waals surface area contributed by atoms with Crippen molar-refractivity contribution in [1.29, 1.82) is 0 Å². The lowest BCUT2D eigenvalue weighted by Gasteiger charge is -2.02. The number of nitrogens with one attached hydrogen (secondary N) is 1. The molecular formula is C8H11N3. The summed E-state index contributed by atoms with van der Waals surface area (Å²) in [5.74, 6) is 0.769. The number of anilines is 1. The van der Waals surface area contributed by atoms with Crippen LogP contribution in [0.5, 0.6) is 0 Å². The maximum Gasteiger partial charge on any atom is 0.151 e. The van der Waals surface area contributed by atoms with Gasteiger partial charge in [0, 0.05) is 13.2 Å². The van der Waals surface area contributed by atoms with Gasteiger partial charge >= 0.3 is 0 Å². The van der Waals surface area contributed by atoms with Crippen LogP contribution in [0, 0.1) is 6.92 Å². The molecule has 3 heteroatoms. The maximum absolute atomic E-state index is 4.12. The second kappa shape index (κ2) is 3.14. The van der Waals surface area contributed by atoms with Crippen LogP contribution in [0.3, 0.4) is 0 Å². The Morgan fingerprint density at radius 2 is 2.36 bits per heavy atom. The fourth-order valence-corrected chi connectivity index (χ4v) is 0.867. The summed E-state index contributed by atoms with van der Waals surface area (Å²) in [7, 11) is 1.81. The monoisotopic (exact) mass is 149 g/mol. The molecule has 0 atom stereocenters. The fourth-order valence-electron chi connectivity index (χ4n) is 0.867. The largest absolute Gasteiger partial charge is 0.371 e. The van der Waals surface area contributed by atoms with Crippen LogP contribution < -0.4 is 5.32 Å². The Bertz CT molecular complexity index is 268. The van der Waals surface area contributed by atoms with E-state index < -0.39 is 0 Å². The standard InChI is InChI=1S/C8H11N3/c1-6-4-7(9-2)8(10-3)11-5-6/h4-5H,2H2,1,3H3,(H,10,11). The third-order valence-corrected chi connectivity index (χ3v) is 1.41. The SMILES string of the molecule is C=Nc1cc(C)cnc1NC. The summed E-state index contributed by atoms with van der Waals surface area (Å²) in [6, 6.07) is 1.94. The zero-order valence-electron chi connectivity index (χ0n) is 6.76. The first-order valence-electron chi connectivity index (χ1n) is 3.39. The fraction of sp³-hybridized carbons (Fsp3) is 0.250. The number of aromatic nitrogens is 1. The van der Waals surface area contributed by atoms with Gasteiger partial charge in [-0.05, 0) is 25.3 Å². The average Bonchev–Trinajstić information content (AvgIpc) is 2.04. The van der Waals surface area contributed by atoms with E-state index in [1.807, 2.05) is 20.0 Å². The first kappa shape index (κ1) is 7.72. The minimum Gasteiger partial charge on any atom is -0.371 e. The zero-order chi connectivity index (χ0) is 8.27. The van der Waals surface area contributed by atoms with Crippen molar-refractivity contribution in [3.63, 3.8) is 0 Å². The van der Waals surface area contributed by atoms with E-state index in [1.165, 1.54) is 0 Å². The van der Waals surface area contributed by atoms with Gasteiger partial charge in [-0.2, -0.15) is 0 Å². The number of hydrogen-bond donors (Lipinski definition) is 1. The van der Waals surface area contributed by atoms with Gasteiger partial charge in [-0.25, -0.2) is 4.98 Å². The Hall–Kier alpha value is -1.38. The van der Waals surface area contributed by atoms with Gasteiger partial charge < -0.3 is 5.32 Å². The third-order valence-electron chi connectivity index (χ3n) is 1.41. The summed E-state index contributed by atoms with van der Waals surface area (Å²) in [5, 5.41) is 2.93. The quantitative estimate of drug-likeness (QED) is 0.650. The molecule has 0 aliphatic carbocycles. The first-order chi connectivity index (χ1) is 5.27. The summed E-state index contributed by atoms with van der Waals surface area (Å²) < 4.78 is 0. The average molecular weight is 149 g/mol. The van der Waals surface area contributed by atoms with Gasteiger partial charge in [0.2, 0.25) is 0 Å². The highest BCUT2D eigenvalue weighted by atomic mass is 15.0. The van der Waals surface area contributed by atoms with Crippen LogP contribution in [0.15, 0.2) is 17.3 Å². The predicted octanol–water partition coefficient (Wildman–Crippen LogP) is 1.76. The number of pyridine rings is 1. The molecule has 0 saturated carbocycles. The second-order valence-electron chi connectivity index (χ2n) is 2.29. The predicted molar refractivity (Wildman–Crippen MR) is 47.7 cm³/mol. The number of aryl methyl sites for hydroxylation is 1. The van der Waals surface area contributed by atoms with E-state index in [2.05, 4.69) is 22.0 Å². The molecule has 1 rings (SSSR count). The molecule has 0 aliphatic heterocycles. The molecule has 1 aromatic rings. The minimum absolute atomic E-state index is 0.769. The topological polar surface area (TPSA) is 37.3 Å². The molecule has 0 aromatic carbocycles. The lowest BCUT2D eigenvalue weighted by Crippen LogP contribution is -1.92. The lowest BCUT2D eigenvalue weighted by atomic mass is 10.3. The van der Waals surface area contributed by atoms with E-state index in [1.54, 1.807) is 6.20 Å². The molecule has 0 bridgehead atoms. The van der Waals surface area contributed by atoms with Crippen LogP contribution in [0.2, 0.25) is 0 Å². The molecule has 1 N–H and O–H groups in total. The van der Waals surface area contributed by atoms with Crippen molar-refractivity contribution in [2.45, 2.75) is 6.92 Å². The highest BCUT2D eigenvalue weighted by molar-refractivity contribution is 5.63. The van der Waals surface area contributed by atoms with Crippen LogP contribution in [-0.2, 0) is 0 Å². The van der Waals surface area contributed by atoms with Crippen molar-refractivity contribution < 1.29 is 0 Å². The van der Waals surface area contributed by atoms with E-state index in [0.29, 0.717) is 0 Å². The van der Waals surface area contributed by atoms with Crippen molar-refractivity contribution in [2.75, 3.05) is 12.4 Å². The molecule has 0 spiro atoms. The minimum atomic E-state index is 0.769. The van der Waals surface area contributed by atoms with Crippen LogP contribution >= 0.6 is 0 Å². The molecule has 0 unspecified atom stereocenters. The molecule has 0 fully saturated rings. The van der Waals surface area contributed by atoms with Crippen molar-refractivity contribution >= 4 is 18.2 Å².